The van der Waals surface area contributed by atoms with Crippen molar-refractivity contribution in [2.75, 3.05) is 24.5 Å². The third-order valence-corrected chi connectivity index (χ3v) is 6.68. The molecule has 2 atom stereocenters. The molecule has 4 rings (SSSR count). The zero-order valence-corrected chi connectivity index (χ0v) is 20.8. The van der Waals surface area contributed by atoms with E-state index in [9.17, 15) is 9.59 Å². The van der Waals surface area contributed by atoms with Gasteiger partial charge in [0, 0.05) is 36.6 Å². The van der Waals surface area contributed by atoms with Crippen LogP contribution in [0.15, 0.2) is 72.8 Å². The van der Waals surface area contributed by atoms with Crippen LogP contribution < -0.4 is 10.2 Å². The molecule has 0 bridgehead atoms. The fourth-order valence-corrected chi connectivity index (χ4v) is 4.92. The maximum absolute atomic E-state index is 13.6. The number of halogens is 3. The smallest absolute Gasteiger partial charge is 0.249 e. The van der Waals surface area contributed by atoms with Crippen LogP contribution in [-0.2, 0) is 9.59 Å². The first-order valence-corrected chi connectivity index (χ1v) is 12.0. The average molecular weight is 517 g/mol. The Hall–Kier alpha value is -2.73. The number of carbonyl (C=O) groups excluding carboxylic acids is 2. The predicted octanol–water partition coefficient (Wildman–Crippen LogP) is 5.91. The van der Waals surface area contributed by atoms with E-state index in [-0.39, 0.29) is 17.9 Å². The molecule has 0 aliphatic carbocycles. The van der Waals surface area contributed by atoms with Gasteiger partial charge in [0.15, 0.2) is 0 Å². The number of piperazine rings is 1. The predicted molar refractivity (Wildman–Crippen MR) is 138 cm³/mol. The molecule has 1 fully saturated rings. The van der Waals surface area contributed by atoms with Crippen molar-refractivity contribution in [3.05, 3.63) is 99.0 Å². The lowest BCUT2D eigenvalue weighted by atomic mass is 9.99. The van der Waals surface area contributed by atoms with Gasteiger partial charge in [0.05, 0.1) is 16.8 Å². The molecule has 2 unspecified atom stereocenters. The lowest BCUT2D eigenvalue weighted by Crippen LogP contribution is -2.53. The Kier molecular flexibility index (Phi) is 7.67. The SMILES string of the molecule is CC(=O)NC(C(=O)N1CCN(c2ccc(Cl)cc2Cl)C(c2ccc(Cl)cc2)C1)c1ccccc1. The number of anilines is 1. The van der Waals surface area contributed by atoms with Crippen LogP contribution in [-0.4, -0.2) is 36.3 Å². The van der Waals surface area contributed by atoms with Crippen molar-refractivity contribution in [1.29, 1.82) is 0 Å². The molecule has 1 aliphatic heterocycles. The zero-order valence-electron chi connectivity index (χ0n) is 18.5. The molecule has 176 valence electrons. The number of hydrogen-bond acceptors (Lipinski definition) is 3. The first-order valence-electron chi connectivity index (χ1n) is 10.9. The van der Waals surface area contributed by atoms with Gasteiger partial charge in [0.2, 0.25) is 11.8 Å². The summed E-state index contributed by atoms with van der Waals surface area (Å²) in [7, 11) is 0. The van der Waals surface area contributed by atoms with Crippen LogP contribution >= 0.6 is 34.8 Å². The third-order valence-electron chi connectivity index (χ3n) is 5.89. The minimum atomic E-state index is -0.754. The first-order chi connectivity index (χ1) is 16.3. The van der Waals surface area contributed by atoms with Crippen LogP contribution in [0.1, 0.15) is 30.1 Å². The molecule has 0 radical (unpaired) electrons. The number of hydrogen-bond donors (Lipinski definition) is 1. The Morgan fingerprint density at radius 2 is 1.59 bits per heavy atom. The first kappa shape index (κ1) is 24.4. The second-order valence-electron chi connectivity index (χ2n) is 8.18. The fraction of sp³-hybridized carbons (Fsp3) is 0.231. The highest BCUT2D eigenvalue weighted by Crippen LogP contribution is 2.37. The molecule has 1 aliphatic rings. The van der Waals surface area contributed by atoms with Gasteiger partial charge in [-0.15, -0.1) is 0 Å². The van der Waals surface area contributed by atoms with E-state index in [0.29, 0.717) is 34.7 Å². The van der Waals surface area contributed by atoms with Crippen LogP contribution in [0.2, 0.25) is 15.1 Å². The van der Waals surface area contributed by atoms with Gasteiger partial charge in [-0.2, -0.15) is 0 Å². The van der Waals surface area contributed by atoms with Crippen LogP contribution in [0.25, 0.3) is 0 Å². The second kappa shape index (κ2) is 10.7. The molecule has 0 aromatic heterocycles. The monoisotopic (exact) mass is 515 g/mol. The van der Waals surface area contributed by atoms with Crippen molar-refractivity contribution < 1.29 is 9.59 Å². The fourth-order valence-electron chi connectivity index (χ4n) is 4.27. The summed E-state index contributed by atoms with van der Waals surface area (Å²) in [6.45, 7) is 2.87. The van der Waals surface area contributed by atoms with Crippen LogP contribution in [0.4, 0.5) is 5.69 Å². The molecular weight excluding hydrogens is 493 g/mol. The summed E-state index contributed by atoms with van der Waals surface area (Å²) in [5.41, 5.74) is 2.59. The molecule has 2 amide bonds. The number of carbonyl (C=O) groups is 2. The van der Waals surface area contributed by atoms with Crippen molar-refractivity contribution in [2.45, 2.75) is 19.0 Å². The molecule has 1 heterocycles. The van der Waals surface area contributed by atoms with Gasteiger partial charge in [-0.05, 0) is 41.5 Å². The highest BCUT2D eigenvalue weighted by Gasteiger charge is 2.35. The molecule has 8 heteroatoms. The van der Waals surface area contributed by atoms with Crippen LogP contribution in [0.3, 0.4) is 0 Å². The van der Waals surface area contributed by atoms with E-state index >= 15 is 0 Å². The van der Waals surface area contributed by atoms with E-state index in [1.54, 1.807) is 17.0 Å². The minimum Gasteiger partial charge on any atom is -0.360 e. The highest BCUT2D eigenvalue weighted by molar-refractivity contribution is 6.36. The molecule has 3 aromatic rings. The Labute approximate surface area is 214 Å². The van der Waals surface area contributed by atoms with Gasteiger partial charge >= 0.3 is 0 Å². The van der Waals surface area contributed by atoms with Gasteiger partial charge in [-0.1, -0.05) is 77.3 Å². The zero-order chi connectivity index (χ0) is 24.2. The normalized spacial score (nSPS) is 16.8. The maximum atomic E-state index is 13.6. The second-order valence-corrected chi connectivity index (χ2v) is 9.47. The van der Waals surface area contributed by atoms with E-state index in [1.165, 1.54) is 6.92 Å². The molecular formula is C26H24Cl3N3O2. The summed E-state index contributed by atoms with van der Waals surface area (Å²) in [5.74, 6) is -0.412. The van der Waals surface area contributed by atoms with Gasteiger partial charge in [-0.3, -0.25) is 9.59 Å². The lowest BCUT2D eigenvalue weighted by Gasteiger charge is -2.44. The van der Waals surface area contributed by atoms with Crippen molar-refractivity contribution in [3.8, 4) is 0 Å². The maximum Gasteiger partial charge on any atom is 0.249 e. The summed E-state index contributed by atoms with van der Waals surface area (Å²) in [6.07, 6.45) is 0. The number of rotatable bonds is 5. The van der Waals surface area contributed by atoms with Crippen molar-refractivity contribution >= 4 is 52.3 Å². The molecule has 1 saturated heterocycles. The van der Waals surface area contributed by atoms with E-state index in [4.69, 9.17) is 34.8 Å². The summed E-state index contributed by atoms with van der Waals surface area (Å²) < 4.78 is 0. The Balaban J connectivity index is 1.67. The Morgan fingerprint density at radius 1 is 0.912 bits per heavy atom. The summed E-state index contributed by atoms with van der Waals surface area (Å²) in [5, 5.41) is 4.56. The summed E-state index contributed by atoms with van der Waals surface area (Å²) in [6, 6.07) is 21.4. The van der Waals surface area contributed by atoms with E-state index in [0.717, 1.165) is 16.8 Å². The molecule has 1 N–H and O–H groups in total. The molecule has 3 aromatic carbocycles. The van der Waals surface area contributed by atoms with E-state index in [1.807, 2.05) is 60.7 Å². The topological polar surface area (TPSA) is 52.7 Å². The van der Waals surface area contributed by atoms with Crippen molar-refractivity contribution in [1.82, 2.24) is 10.2 Å². The molecule has 5 nitrogen and oxygen atoms in total. The standard InChI is InChI=1S/C26H24Cl3N3O2/c1-17(33)30-25(19-5-3-2-4-6-19)26(34)31-13-14-32(23-12-11-21(28)15-22(23)29)24(16-31)18-7-9-20(27)10-8-18/h2-12,15,24-25H,13-14,16H2,1H3,(H,30,33). The van der Waals surface area contributed by atoms with E-state index in [2.05, 4.69) is 10.2 Å². The number of benzene rings is 3. The molecule has 34 heavy (non-hydrogen) atoms. The average Bonchev–Trinajstić information content (AvgIpc) is 2.83. The van der Waals surface area contributed by atoms with Gasteiger partial charge in [-0.25, -0.2) is 0 Å². The van der Waals surface area contributed by atoms with E-state index < -0.39 is 6.04 Å². The van der Waals surface area contributed by atoms with Gasteiger partial charge in [0.1, 0.15) is 6.04 Å². The van der Waals surface area contributed by atoms with Crippen molar-refractivity contribution in [3.63, 3.8) is 0 Å². The molecule has 0 spiro atoms. The lowest BCUT2D eigenvalue weighted by molar-refractivity contribution is -0.137. The molecule has 0 saturated carbocycles. The number of amides is 2. The number of nitrogens with one attached hydrogen (secondary N) is 1. The Morgan fingerprint density at radius 3 is 2.24 bits per heavy atom. The summed E-state index contributed by atoms with van der Waals surface area (Å²) in [4.78, 5) is 29.5. The van der Waals surface area contributed by atoms with Crippen LogP contribution in [0.5, 0.6) is 0 Å². The van der Waals surface area contributed by atoms with Crippen molar-refractivity contribution in [2.24, 2.45) is 0 Å². The third kappa shape index (κ3) is 5.49. The summed E-state index contributed by atoms with van der Waals surface area (Å²) >= 11 is 18.8. The minimum absolute atomic E-state index is 0.151. The highest BCUT2D eigenvalue weighted by atomic mass is 35.5. The number of nitrogens with zero attached hydrogens (tertiary/aromatic N) is 2. The van der Waals surface area contributed by atoms with Gasteiger partial charge in [0.25, 0.3) is 0 Å². The quantitative estimate of drug-likeness (QED) is 0.458. The van der Waals surface area contributed by atoms with Crippen LogP contribution in [0, 0.1) is 0 Å². The van der Waals surface area contributed by atoms with Gasteiger partial charge < -0.3 is 15.1 Å². The Bertz CT molecular complexity index is 1170. The largest absolute Gasteiger partial charge is 0.360 e.